The predicted molar refractivity (Wildman–Crippen MR) is 109 cm³/mol. The Bertz CT molecular complexity index is 1090. The molecule has 4 rings (SSSR count). The second-order valence-corrected chi connectivity index (χ2v) is 9.35. The third-order valence-corrected chi connectivity index (χ3v) is 5.90. The van der Waals surface area contributed by atoms with Crippen LogP contribution in [0.3, 0.4) is 0 Å². The fraction of sp³-hybridized carbons (Fsp3) is 0.227. The predicted octanol–water partition coefficient (Wildman–Crippen LogP) is 3.28. The van der Waals surface area contributed by atoms with Gasteiger partial charge in [0.05, 0.1) is 11.8 Å². The smallest absolute Gasteiger partial charge is 0.254 e. The highest BCUT2D eigenvalue weighted by atomic mass is 32.2. The van der Waals surface area contributed by atoms with E-state index in [2.05, 4.69) is 10.6 Å². The second kappa shape index (κ2) is 7.28. The van der Waals surface area contributed by atoms with Gasteiger partial charge in [0, 0.05) is 36.8 Å². The Morgan fingerprint density at radius 3 is 2.36 bits per heavy atom. The SMILES string of the molecule is CS(=O)(=O)Cc1ccc(C(=O)N2CCn3cccc3C2c2ccccc2)cc1. The summed E-state index contributed by atoms with van der Waals surface area (Å²) in [4.78, 5) is 15.2. The molecule has 0 radical (unpaired) electrons. The summed E-state index contributed by atoms with van der Waals surface area (Å²) in [6, 6.07) is 20.8. The first kappa shape index (κ1) is 18.5. The van der Waals surface area contributed by atoms with Crippen LogP contribution < -0.4 is 0 Å². The number of fused-ring (bicyclic) bond motifs is 1. The first-order valence-electron chi connectivity index (χ1n) is 9.20. The minimum Gasteiger partial charge on any atom is -0.348 e. The zero-order valence-electron chi connectivity index (χ0n) is 15.7. The van der Waals surface area contributed by atoms with Crippen LogP contribution in [-0.2, 0) is 22.1 Å². The van der Waals surface area contributed by atoms with Crippen molar-refractivity contribution in [3.8, 4) is 0 Å². The number of rotatable bonds is 4. The molecule has 1 aromatic heterocycles. The molecule has 0 fully saturated rings. The van der Waals surface area contributed by atoms with Gasteiger partial charge in [0.1, 0.15) is 0 Å². The quantitative estimate of drug-likeness (QED) is 0.682. The lowest BCUT2D eigenvalue weighted by molar-refractivity contribution is 0.0664. The Morgan fingerprint density at radius 2 is 1.68 bits per heavy atom. The summed E-state index contributed by atoms with van der Waals surface area (Å²) in [5.41, 5.74) is 3.42. The highest BCUT2D eigenvalue weighted by Crippen LogP contribution is 2.33. The van der Waals surface area contributed by atoms with Gasteiger partial charge in [0.25, 0.3) is 5.91 Å². The standard InChI is InChI=1S/C22H22N2O3S/c1-28(26,27)16-17-9-11-19(12-10-17)22(25)24-15-14-23-13-5-8-20(23)21(24)18-6-3-2-4-7-18/h2-13,21H,14-16H2,1H3. The number of sulfone groups is 1. The van der Waals surface area contributed by atoms with Gasteiger partial charge in [-0.2, -0.15) is 0 Å². The molecule has 3 aromatic rings. The number of nitrogens with zero attached hydrogens (tertiary/aromatic N) is 2. The van der Waals surface area contributed by atoms with E-state index in [9.17, 15) is 13.2 Å². The van der Waals surface area contributed by atoms with Gasteiger partial charge in [0.2, 0.25) is 0 Å². The van der Waals surface area contributed by atoms with Crippen LogP contribution in [0.1, 0.15) is 33.2 Å². The molecule has 1 atom stereocenters. The lowest BCUT2D eigenvalue weighted by Crippen LogP contribution is -2.42. The highest BCUT2D eigenvalue weighted by Gasteiger charge is 2.32. The van der Waals surface area contributed by atoms with Gasteiger partial charge in [-0.25, -0.2) is 8.42 Å². The molecule has 2 aromatic carbocycles. The summed E-state index contributed by atoms with van der Waals surface area (Å²) in [7, 11) is -3.10. The summed E-state index contributed by atoms with van der Waals surface area (Å²) in [6.07, 6.45) is 3.26. The van der Waals surface area contributed by atoms with Gasteiger partial charge < -0.3 is 9.47 Å². The Balaban J connectivity index is 1.66. The van der Waals surface area contributed by atoms with Crippen LogP contribution in [-0.4, -0.2) is 36.6 Å². The molecule has 0 saturated heterocycles. The third kappa shape index (κ3) is 3.73. The molecule has 1 aliphatic rings. The summed E-state index contributed by atoms with van der Waals surface area (Å²) in [6.45, 7) is 1.37. The van der Waals surface area contributed by atoms with Gasteiger partial charge in [-0.05, 0) is 35.4 Å². The van der Waals surface area contributed by atoms with Crippen molar-refractivity contribution in [2.24, 2.45) is 0 Å². The first-order chi connectivity index (χ1) is 13.4. The Kier molecular flexibility index (Phi) is 4.81. The number of carbonyl (C=O) groups excluding carboxylic acids is 1. The molecule has 1 unspecified atom stereocenters. The monoisotopic (exact) mass is 394 g/mol. The molecule has 0 spiro atoms. The maximum absolute atomic E-state index is 13.3. The molecule has 2 heterocycles. The molecule has 1 amide bonds. The van der Waals surface area contributed by atoms with Crippen LogP contribution in [0.25, 0.3) is 0 Å². The number of hydrogen-bond donors (Lipinski definition) is 0. The Morgan fingerprint density at radius 1 is 0.964 bits per heavy atom. The number of aromatic nitrogens is 1. The van der Waals surface area contributed by atoms with E-state index in [1.54, 1.807) is 24.3 Å². The van der Waals surface area contributed by atoms with Crippen LogP contribution in [0.2, 0.25) is 0 Å². The van der Waals surface area contributed by atoms with Crippen molar-refractivity contribution in [3.05, 3.63) is 95.3 Å². The van der Waals surface area contributed by atoms with Crippen LogP contribution >= 0.6 is 0 Å². The van der Waals surface area contributed by atoms with E-state index in [1.165, 1.54) is 6.26 Å². The number of carbonyl (C=O) groups is 1. The van der Waals surface area contributed by atoms with E-state index in [0.29, 0.717) is 17.7 Å². The van der Waals surface area contributed by atoms with Crippen LogP contribution in [0.5, 0.6) is 0 Å². The molecule has 0 bridgehead atoms. The molecule has 1 aliphatic heterocycles. The largest absolute Gasteiger partial charge is 0.348 e. The lowest BCUT2D eigenvalue weighted by atomic mass is 9.99. The van der Waals surface area contributed by atoms with Crippen molar-refractivity contribution < 1.29 is 13.2 Å². The number of hydrogen-bond acceptors (Lipinski definition) is 3. The zero-order chi connectivity index (χ0) is 19.7. The van der Waals surface area contributed by atoms with Crippen molar-refractivity contribution in [1.82, 2.24) is 9.47 Å². The van der Waals surface area contributed by atoms with Gasteiger partial charge in [0.15, 0.2) is 9.84 Å². The first-order valence-corrected chi connectivity index (χ1v) is 11.3. The minimum atomic E-state index is -3.10. The van der Waals surface area contributed by atoms with E-state index in [0.717, 1.165) is 17.8 Å². The van der Waals surface area contributed by atoms with Crippen LogP contribution in [0, 0.1) is 0 Å². The molecule has 0 saturated carbocycles. The van der Waals surface area contributed by atoms with E-state index in [-0.39, 0.29) is 17.7 Å². The van der Waals surface area contributed by atoms with Crippen molar-refractivity contribution in [2.45, 2.75) is 18.3 Å². The van der Waals surface area contributed by atoms with E-state index in [4.69, 9.17) is 0 Å². The number of amides is 1. The summed E-state index contributed by atoms with van der Waals surface area (Å²) in [5.74, 6) is -0.0714. The fourth-order valence-electron chi connectivity index (χ4n) is 3.80. The summed E-state index contributed by atoms with van der Waals surface area (Å²) in [5, 5.41) is 0. The molecule has 28 heavy (non-hydrogen) atoms. The molecule has 6 heteroatoms. The van der Waals surface area contributed by atoms with E-state index >= 15 is 0 Å². The molecular weight excluding hydrogens is 372 g/mol. The maximum Gasteiger partial charge on any atom is 0.254 e. The minimum absolute atomic E-state index is 0.0225. The molecule has 5 nitrogen and oxygen atoms in total. The second-order valence-electron chi connectivity index (χ2n) is 7.21. The number of benzene rings is 2. The lowest BCUT2D eigenvalue weighted by Gasteiger charge is -2.37. The average molecular weight is 394 g/mol. The molecule has 144 valence electrons. The Hall–Kier alpha value is -2.86. The van der Waals surface area contributed by atoms with Gasteiger partial charge >= 0.3 is 0 Å². The van der Waals surface area contributed by atoms with Crippen molar-refractivity contribution in [1.29, 1.82) is 0 Å². The topological polar surface area (TPSA) is 59.4 Å². The fourth-order valence-corrected chi connectivity index (χ4v) is 4.60. The molecular formula is C22H22N2O3S. The zero-order valence-corrected chi connectivity index (χ0v) is 16.5. The van der Waals surface area contributed by atoms with Crippen molar-refractivity contribution >= 4 is 15.7 Å². The summed E-state index contributed by atoms with van der Waals surface area (Å²) < 4.78 is 25.2. The summed E-state index contributed by atoms with van der Waals surface area (Å²) >= 11 is 0. The van der Waals surface area contributed by atoms with Crippen molar-refractivity contribution in [2.75, 3.05) is 12.8 Å². The van der Waals surface area contributed by atoms with E-state index < -0.39 is 9.84 Å². The normalized spacial score (nSPS) is 16.6. The van der Waals surface area contributed by atoms with E-state index in [1.807, 2.05) is 47.5 Å². The van der Waals surface area contributed by atoms with Gasteiger partial charge in [-0.1, -0.05) is 42.5 Å². The Labute approximate surface area is 165 Å². The maximum atomic E-state index is 13.3. The average Bonchev–Trinajstić information content (AvgIpc) is 3.15. The third-order valence-electron chi connectivity index (χ3n) is 5.04. The van der Waals surface area contributed by atoms with Gasteiger partial charge in [-0.3, -0.25) is 4.79 Å². The van der Waals surface area contributed by atoms with Crippen LogP contribution in [0.15, 0.2) is 72.9 Å². The van der Waals surface area contributed by atoms with Crippen LogP contribution in [0.4, 0.5) is 0 Å². The van der Waals surface area contributed by atoms with Crippen molar-refractivity contribution in [3.63, 3.8) is 0 Å². The highest BCUT2D eigenvalue weighted by molar-refractivity contribution is 7.89. The van der Waals surface area contributed by atoms with Gasteiger partial charge in [-0.15, -0.1) is 0 Å². The molecule has 0 N–H and O–H groups in total. The molecule has 0 aliphatic carbocycles.